The Kier molecular flexibility index (Phi) is 21.2. The van der Waals surface area contributed by atoms with Gasteiger partial charge in [-0.15, -0.1) is 0 Å². The predicted molar refractivity (Wildman–Crippen MR) is 304 cm³/mol. The van der Waals surface area contributed by atoms with E-state index in [9.17, 15) is 28.8 Å². The molecule has 0 saturated carbocycles. The third-order valence-corrected chi connectivity index (χ3v) is 17.2. The summed E-state index contributed by atoms with van der Waals surface area (Å²) < 4.78 is 11.3. The van der Waals surface area contributed by atoms with Gasteiger partial charge in [-0.1, -0.05) is 98.8 Å². The minimum absolute atomic E-state index is 0.0142. The minimum atomic E-state index is -0.638. The second-order valence-electron chi connectivity index (χ2n) is 22.3. The molecule has 6 atom stereocenters. The van der Waals surface area contributed by atoms with Gasteiger partial charge in [-0.2, -0.15) is 0 Å². The zero-order valence-corrected chi connectivity index (χ0v) is 46.6. The molecule has 4 fully saturated rings. The molecule has 4 aromatic carbocycles. The van der Waals surface area contributed by atoms with E-state index in [1.165, 1.54) is 0 Å². The summed E-state index contributed by atoms with van der Waals surface area (Å²) in [5, 5.41) is 6.21. The van der Waals surface area contributed by atoms with Crippen molar-refractivity contribution in [1.29, 1.82) is 0 Å². The van der Waals surface area contributed by atoms with Gasteiger partial charge in [0.25, 0.3) is 11.8 Å². The van der Waals surface area contributed by atoms with Gasteiger partial charge in [0, 0.05) is 107 Å². The van der Waals surface area contributed by atoms with Crippen LogP contribution in [0.3, 0.4) is 0 Å². The maximum absolute atomic E-state index is 14.7. The van der Waals surface area contributed by atoms with Crippen molar-refractivity contribution < 1.29 is 38.2 Å². The Morgan fingerprint density at radius 1 is 0.590 bits per heavy atom. The van der Waals surface area contributed by atoms with Crippen LogP contribution < -0.4 is 10.6 Å². The third kappa shape index (κ3) is 15.1. The van der Waals surface area contributed by atoms with Crippen molar-refractivity contribution in [3.8, 4) is 11.1 Å². The Hall–Kier alpha value is -6.22. The Morgan fingerprint density at radius 2 is 1.04 bits per heavy atom. The molecule has 14 nitrogen and oxygen atoms in total. The molecular weight excluding hydrogens is 981 g/mol. The number of likely N-dealkylation sites (tertiary alicyclic amines) is 2. The van der Waals surface area contributed by atoms with E-state index in [1.54, 1.807) is 7.05 Å². The lowest BCUT2D eigenvalue weighted by molar-refractivity contribution is -0.142. The molecule has 4 heterocycles. The number of Topliss-reactive ketones (excluding diaryl/α,β-unsaturated/α-hetero) is 1. The van der Waals surface area contributed by atoms with Crippen molar-refractivity contribution in [2.45, 2.75) is 122 Å². The molecule has 4 aliphatic heterocycles. The third-order valence-electron chi connectivity index (χ3n) is 17.2. The Morgan fingerprint density at radius 3 is 1.49 bits per heavy atom. The summed E-state index contributed by atoms with van der Waals surface area (Å²) in [6.45, 7) is 10.9. The Labute approximate surface area is 463 Å². The fourth-order valence-corrected chi connectivity index (χ4v) is 11.9. The van der Waals surface area contributed by atoms with E-state index in [-0.39, 0.29) is 77.6 Å². The molecule has 0 bridgehead atoms. The molecule has 5 amide bonds. The second kappa shape index (κ2) is 28.6. The summed E-state index contributed by atoms with van der Waals surface area (Å²) in [4.78, 5) is 92.9. The molecule has 4 saturated heterocycles. The fraction of sp³-hybridized carbons (Fsp3) is 0.531. The average molecular weight is 1070 g/mol. The molecule has 78 heavy (non-hydrogen) atoms. The van der Waals surface area contributed by atoms with Gasteiger partial charge < -0.3 is 39.7 Å². The zero-order chi connectivity index (χ0) is 55.0. The SMILES string of the molecule is CC[C@@H](C)C(=O)N[C@H](C(=O)N1CCC[C@H]1CN(CCc1ccccc1)C(=O)c1ccc(-c2ccc(C(=O)N(CCc3ccccc3)C[C@@H]3CCCN3C(=O)[C@@H](CC(=O)[C@H](C)NC)C3CCOCC3)cc2)cc1)C1CCOCC1. The Balaban J connectivity index is 0.969. The quantitative estimate of drug-likeness (QED) is 0.0705. The number of likely N-dealkylation sites (N-methyl/N-ethyl adjacent to an activating group) is 1. The van der Waals surface area contributed by atoms with E-state index in [0.29, 0.717) is 109 Å². The van der Waals surface area contributed by atoms with Gasteiger partial charge in [0.1, 0.15) is 11.8 Å². The average Bonchev–Trinajstić information content (AvgIpc) is 4.21. The first kappa shape index (κ1) is 57.9. The molecule has 2 N–H and O–H groups in total. The van der Waals surface area contributed by atoms with Gasteiger partial charge in [0.15, 0.2) is 0 Å². The monoisotopic (exact) mass is 1060 g/mol. The van der Waals surface area contributed by atoms with E-state index in [4.69, 9.17) is 9.47 Å². The lowest BCUT2D eigenvalue weighted by atomic mass is 9.81. The van der Waals surface area contributed by atoms with Crippen LogP contribution in [0.5, 0.6) is 0 Å². The number of amides is 5. The standard InChI is InChI=1S/C64H84N6O8/c1-5-45(2)60(72)66-59(52-32-40-78-41-33-52)64(76)70-35-13-19-56(70)44-68(37-29-48-16-10-7-11-17-48)62(74)54-26-22-50(23-27-54)49-20-24-53(25-21-49)61(73)67(36-28-47-14-8-6-9-15-47)43-55-18-12-34-69(55)63(75)57(42-58(71)46(3)65-4)51-30-38-77-39-31-51/h6-11,14-17,20-27,45-46,51-52,55-57,59,65H,5,12-13,18-19,28-44H2,1-4H3,(H,66,72)/t45-,46+,55+,56+,57+,59+/m1/s1. The predicted octanol–water partition coefficient (Wildman–Crippen LogP) is 8.27. The first-order valence-corrected chi connectivity index (χ1v) is 29.1. The maximum atomic E-state index is 14.7. The number of benzene rings is 4. The number of nitrogens with zero attached hydrogens (tertiary/aromatic N) is 4. The smallest absolute Gasteiger partial charge is 0.253 e. The topological polar surface area (TPSA) is 158 Å². The molecule has 14 heteroatoms. The lowest BCUT2D eigenvalue weighted by Gasteiger charge is -2.37. The van der Waals surface area contributed by atoms with Gasteiger partial charge in [0.05, 0.1) is 6.04 Å². The highest BCUT2D eigenvalue weighted by Gasteiger charge is 2.42. The second-order valence-corrected chi connectivity index (χ2v) is 22.3. The highest BCUT2D eigenvalue weighted by molar-refractivity contribution is 5.96. The molecule has 418 valence electrons. The van der Waals surface area contributed by atoms with E-state index in [0.717, 1.165) is 60.8 Å². The van der Waals surface area contributed by atoms with Crippen LogP contribution in [-0.2, 0) is 41.5 Å². The zero-order valence-electron chi connectivity index (χ0n) is 46.6. The summed E-state index contributed by atoms with van der Waals surface area (Å²) in [6, 6.07) is 34.1. The van der Waals surface area contributed by atoms with Crippen molar-refractivity contribution in [1.82, 2.24) is 30.2 Å². The number of hydrogen-bond donors (Lipinski definition) is 2. The number of ether oxygens (including phenoxy) is 2. The molecule has 0 radical (unpaired) electrons. The minimum Gasteiger partial charge on any atom is -0.381 e. The molecule has 0 unspecified atom stereocenters. The van der Waals surface area contributed by atoms with Crippen molar-refractivity contribution in [2.75, 3.05) is 72.7 Å². The lowest BCUT2D eigenvalue weighted by Crippen LogP contribution is -2.56. The number of hydrogen-bond acceptors (Lipinski definition) is 9. The summed E-state index contributed by atoms with van der Waals surface area (Å²) >= 11 is 0. The van der Waals surface area contributed by atoms with Crippen molar-refractivity contribution in [2.24, 2.45) is 23.7 Å². The number of nitrogens with one attached hydrogen (secondary N) is 2. The van der Waals surface area contributed by atoms with Gasteiger partial charge in [-0.25, -0.2) is 0 Å². The Bertz CT molecular complexity index is 2410. The first-order chi connectivity index (χ1) is 37.9. The molecule has 0 aliphatic carbocycles. The maximum Gasteiger partial charge on any atom is 0.253 e. The van der Waals surface area contributed by atoms with Crippen LogP contribution >= 0.6 is 0 Å². The summed E-state index contributed by atoms with van der Waals surface area (Å²) in [5.41, 5.74) is 5.13. The highest BCUT2D eigenvalue weighted by atomic mass is 16.5. The van der Waals surface area contributed by atoms with E-state index in [2.05, 4.69) is 34.9 Å². The van der Waals surface area contributed by atoms with Gasteiger partial charge >= 0.3 is 0 Å². The summed E-state index contributed by atoms with van der Waals surface area (Å²) in [5.74, 6) is -0.935. The number of carbonyl (C=O) groups excluding carboxylic acids is 6. The van der Waals surface area contributed by atoms with Crippen molar-refractivity contribution in [3.63, 3.8) is 0 Å². The van der Waals surface area contributed by atoms with E-state index in [1.807, 2.05) is 125 Å². The van der Waals surface area contributed by atoms with Gasteiger partial charge in [-0.3, -0.25) is 28.8 Å². The largest absolute Gasteiger partial charge is 0.381 e. The van der Waals surface area contributed by atoms with Crippen LogP contribution in [0.4, 0.5) is 0 Å². The molecule has 0 spiro atoms. The van der Waals surface area contributed by atoms with Crippen LogP contribution in [0.1, 0.15) is 117 Å². The van der Waals surface area contributed by atoms with Crippen molar-refractivity contribution in [3.05, 3.63) is 131 Å². The highest BCUT2D eigenvalue weighted by Crippen LogP contribution is 2.33. The summed E-state index contributed by atoms with van der Waals surface area (Å²) in [6.07, 6.45) is 8.28. The molecular formula is C64H84N6O8. The fourth-order valence-electron chi connectivity index (χ4n) is 11.9. The van der Waals surface area contributed by atoms with Crippen LogP contribution in [0.15, 0.2) is 109 Å². The molecule has 8 rings (SSSR count). The van der Waals surface area contributed by atoms with Gasteiger partial charge in [0.2, 0.25) is 17.7 Å². The summed E-state index contributed by atoms with van der Waals surface area (Å²) in [7, 11) is 1.77. The van der Waals surface area contributed by atoms with Crippen molar-refractivity contribution >= 4 is 35.3 Å². The van der Waals surface area contributed by atoms with Crippen LogP contribution in [0.25, 0.3) is 11.1 Å². The first-order valence-electron chi connectivity index (χ1n) is 29.1. The number of carbonyl (C=O) groups is 6. The van der Waals surface area contributed by atoms with Gasteiger partial charge in [-0.05, 0) is 143 Å². The number of rotatable bonds is 24. The van der Waals surface area contributed by atoms with E-state index < -0.39 is 12.0 Å². The molecule has 4 aliphatic rings. The van der Waals surface area contributed by atoms with Crippen LogP contribution in [0.2, 0.25) is 0 Å². The number of ketones is 1. The van der Waals surface area contributed by atoms with Crippen LogP contribution in [0, 0.1) is 23.7 Å². The van der Waals surface area contributed by atoms with E-state index >= 15 is 0 Å². The normalized spacial score (nSPS) is 19.6. The molecule has 4 aromatic rings. The molecule has 0 aromatic heterocycles. The van der Waals surface area contributed by atoms with Crippen LogP contribution in [-0.4, -0.2) is 152 Å².